The molecule has 1 aromatic carbocycles. The van der Waals surface area contributed by atoms with Crippen molar-refractivity contribution in [2.24, 2.45) is 5.73 Å². The van der Waals surface area contributed by atoms with Crippen LogP contribution in [0.1, 0.15) is 29.4 Å². The van der Waals surface area contributed by atoms with Crippen LogP contribution < -0.4 is 5.73 Å². The standard InChI is InChI=1S/C12H15NO2/c1-15-12(14)11-6-8(7-13)9-4-2-3-5-10(9)11/h2-5,8,11H,6-7,13H2,1H3/t8-,11-/m0/s1. The highest BCUT2D eigenvalue weighted by Gasteiger charge is 2.34. The highest BCUT2D eigenvalue weighted by molar-refractivity contribution is 5.80. The van der Waals surface area contributed by atoms with Crippen LogP contribution in [0, 0.1) is 0 Å². The summed E-state index contributed by atoms with van der Waals surface area (Å²) >= 11 is 0. The van der Waals surface area contributed by atoms with Gasteiger partial charge in [-0.05, 0) is 30.0 Å². The van der Waals surface area contributed by atoms with Crippen LogP contribution in [0.5, 0.6) is 0 Å². The molecule has 0 spiro atoms. The number of hydrogen-bond donors (Lipinski definition) is 1. The first kappa shape index (κ1) is 10.2. The second kappa shape index (κ2) is 4.03. The monoisotopic (exact) mass is 205 g/mol. The summed E-state index contributed by atoms with van der Waals surface area (Å²) in [5, 5.41) is 0. The minimum Gasteiger partial charge on any atom is -0.469 e. The van der Waals surface area contributed by atoms with Crippen molar-refractivity contribution in [3.63, 3.8) is 0 Å². The molecule has 0 heterocycles. The fourth-order valence-electron chi connectivity index (χ4n) is 2.33. The number of methoxy groups -OCH3 is 1. The second-order valence-corrected chi connectivity index (χ2v) is 3.87. The van der Waals surface area contributed by atoms with Crippen LogP contribution in [0.25, 0.3) is 0 Å². The van der Waals surface area contributed by atoms with Gasteiger partial charge >= 0.3 is 5.97 Å². The van der Waals surface area contributed by atoms with E-state index in [1.165, 1.54) is 12.7 Å². The van der Waals surface area contributed by atoms with Crippen LogP contribution in [-0.2, 0) is 9.53 Å². The fourth-order valence-corrected chi connectivity index (χ4v) is 2.33. The van der Waals surface area contributed by atoms with Crippen LogP contribution in [0.2, 0.25) is 0 Å². The van der Waals surface area contributed by atoms with Crippen LogP contribution in [0.15, 0.2) is 24.3 Å². The van der Waals surface area contributed by atoms with Gasteiger partial charge in [0, 0.05) is 0 Å². The predicted octanol–water partition coefficient (Wildman–Crippen LogP) is 1.39. The van der Waals surface area contributed by atoms with E-state index in [1.807, 2.05) is 18.2 Å². The van der Waals surface area contributed by atoms with Crippen molar-refractivity contribution in [1.82, 2.24) is 0 Å². The smallest absolute Gasteiger partial charge is 0.313 e. The average Bonchev–Trinajstić information content (AvgIpc) is 2.67. The molecule has 0 fully saturated rings. The molecular weight excluding hydrogens is 190 g/mol. The highest BCUT2D eigenvalue weighted by atomic mass is 16.5. The van der Waals surface area contributed by atoms with Crippen LogP contribution in [-0.4, -0.2) is 19.6 Å². The maximum absolute atomic E-state index is 11.6. The molecular formula is C12H15NO2. The minimum atomic E-state index is -0.154. The Morgan fingerprint density at radius 3 is 2.73 bits per heavy atom. The van der Waals surface area contributed by atoms with Gasteiger partial charge in [-0.1, -0.05) is 24.3 Å². The van der Waals surface area contributed by atoms with E-state index < -0.39 is 0 Å². The lowest BCUT2D eigenvalue weighted by atomic mass is 10.0. The molecule has 3 nitrogen and oxygen atoms in total. The van der Waals surface area contributed by atoms with Gasteiger partial charge < -0.3 is 10.5 Å². The Morgan fingerprint density at radius 2 is 2.13 bits per heavy atom. The maximum Gasteiger partial charge on any atom is 0.313 e. The number of fused-ring (bicyclic) bond motifs is 1. The quantitative estimate of drug-likeness (QED) is 0.742. The summed E-state index contributed by atoms with van der Waals surface area (Å²) in [4.78, 5) is 11.6. The van der Waals surface area contributed by atoms with Gasteiger partial charge in [0.15, 0.2) is 0 Å². The van der Waals surface area contributed by atoms with E-state index in [9.17, 15) is 4.79 Å². The molecule has 0 aliphatic heterocycles. The molecule has 3 heteroatoms. The highest BCUT2D eigenvalue weighted by Crippen LogP contribution is 2.41. The first-order valence-corrected chi connectivity index (χ1v) is 5.14. The third-order valence-corrected chi connectivity index (χ3v) is 3.10. The zero-order valence-corrected chi connectivity index (χ0v) is 8.77. The number of carbonyl (C=O) groups excluding carboxylic acids is 1. The van der Waals surface area contributed by atoms with Gasteiger partial charge in [0.05, 0.1) is 13.0 Å². The summed E-state index contributed by atoms with van der Waals surface area (Å²) in [7, 11) is 1.43. The van der Waals surface area contributed by atoms with Gasteiger partial charge in [-0.2, -0.15) is 0 Å². The van der Waals surface area contributed by atoms with Crippen LogP contribution >= 0.6 is 0 Å². The largest absolute Gasteiger partial charge is 0.469 e. The minimum absolute atomic E-state index is 0.125. The second-order valence-electron chi connectivity index (χ2n) is 3.87. The lowest BCUT2D eigenvalue weighted by molar-refractivity contribution is -0.142. The Labute approximate surface area is 89.2 Å². The normalized spacial score (nSPS) is 23.6. The van der Waals surface area contributed by atoms with Gasteiger partial charge in [0.25, 0.3) is 0 Å². The Bertz CT molecular complexity index is 376. The van der Waals surface area contributed by atoms with Gasteiger partial charge in [0.2, 0.25) is 0 Å². The number of carbonyl (C=O) groups is 1. The van der Waals surface area contributed by atoms with E-state index in [0.29, 0.717) is 12.5 Å². The van der Waals surface area contributed by atoms with E-state index in [1.54, 1.807) is 0 Å². The number of esters is 1. The topological polar surface area (TPSA) is 52.3 Å². The summed E-state index contributed by atoms with van der Waals surface area (Å²) in [6, 6.07) is 7.98. The molecule has 0 saturated carbocycles. The van der Waals surface area contributed by atoms with Crippen molar-refractivity contribution in [3.8, 4) is 0 Å². The number of nitrogens with two attached hydrogens (primary N) is 1. The Morgan fingerprint density at radius 1 is 1.47 bits per heavy atom. The van der Waals surface area contributed by atoms with Crippen molar-refractivity contribution in [3.05, 3.63) is 35.4 Å². The predicted molar refractivity (Wildman–Crippen MR) is 57.6 cm³/mol. The van der Waals surface area contributed by atoms with Crippen LogP contribution in [0.3, 0.4) is 0 Å². The fraction of sp³-hybridized carbons (Fsp3) is 0.417. The number of benzene rings is 1. The zero-order valence-electron chi connectivity index (χ0n) is 8.77. The summed E-state index contributed by atoms with van der Waals surface area (Å²) in [5.41, 5.74) is 7.99. The Balaban J connectivity index is 2.37. The molecule has 0 unspecified atom stereocenters. The van der Waals surface area contributed by atoms with E-state index in [0.717, 1.165) is 12.0 Å². The molecule has 0 aromatic heterocycles. The maximum atomic E-state index is 11.6. The Hall–Kier alpha value is -1.35. The summed E-state index contributed by atoms with van der Waals surface area (Å²) < 4.78 is 4.80. The van der Waals surface area contributed by atoms with E-state index >= 15 is 0 Å². The summed E-state index contributed by atoms with van der Waals surface area (Å²) in [6.45, 7) is 0.588. The van der Waals surface area contributed by atoms with Gasteiger partial charge in [-0.15, -0.1) is 0 Å². The lowest BCUT2D eigenvalue weighted by Crippen LogP contribution is -2.13. The molecule has 1 aliphatic carbocycles. The van der Waals surface area contributed by atoms with E-state index in [4.69, 9.17) is 10.5 Å². The van der Waals surface area contributed by atoms with Crippen molar-refractivity contribution < 1.29 is 9.53 Å². The van der Waals surface area contributed by atoms with Crippen LogP contribution in [0.4, 0.5) is 0 Å². The van der Waals surface area contributed by atoms with Gasteiger partial charge in [-0.3, -0.25) is 4.79 Å². The third kappa shape index (κ3) is 1.63. The molecule has 80 valence electrons. The van der Waals surface area contributed by atoms with Crippen molar-refractivity contribution >= 4 is 5.97 Å². The molecule has 2 N–H and O–H groups in total. The number of hydrogen-bond acceptors (Lipinski definition) is 3. The Kier molecular flexibility index (Phi) is 2.73. The van der Waals surface area contributed by atoms with Crippen molar-refractivity contribution in [2.45, 2.75) is 18.3 Å². The molecule has 2 rings (SSSR count). The molecule has 0 radical (unpaired) electrons. The molecule has 0 amide bonds. The van der Waals surface area contributed by atoms with E-state index in [2.05, 4.69) is 6.07 Å². The number of rotatable bonds is 2. The van der Waals surface area contributed by atoms with E-state index in [-0.39, 0.29) is 11.9 Å². The first-order chi connectivity index (χ1) is 7.27. The lowest BCUT2D eigenvalue weighted by Gasteiger charge is -2.08. The molecule has 1 aromatic rings. The molecule has 2 atom stereocenters. The third-order valence-electron chi connectivity index (χ3n) is 3.10. The zero-order chi connectivity index (χ0) is 10.8. The molecule has 0 bridgehead atoms. The molecule has 0 saturated heterocycles. The molecule has 15 heavy (non-hydrogen) atoms. The van der Waals surface area contributed by atoms with Crippen molar-refractivity contribution in [2.75, 3.05) is 13.7 Å². The van der Waals surface area contributed by atoms with Gasteiger partial charge in [0.1, 0.15) is 0 Å². The van der Waals surface area contributed by atoms with Crippen molar-refractivity contribution in [1.29, 1.82) is 0 Å². The summed E-state index contributed by atoms with van der Waals surface area (Å²) in [5.74, 6) is 0.0171. The SMILES string of the molecule is COC(=O)[C@H]1C[C@@H](CN)c2ccccc21. The first-order valence-electron chi connectivity index (χ1n) is 5.14. The average molecular weight is 205 g/mol. The van der Waals surface area contributed by atoms with Gasteiger partial charge in [-0.25, -0.2) is 0 Å². The molecule has 1 aliphatic rings. The number of ether oxygens (including phenoxy) is 1. The summed E-state index contributed by atoms with van der Waals surface area (Å²) in [6.07, 6.45) is 0.780.